The molecule has 0 aliphatic rings. The van der Waals surface area contributed by atoms with Crippen molar-refractivity contribution in [1.82, 2.24) is 0 Å². The molecule has 0 saturated heterocycles. The molecule has 2 N–H and O–H groups in total. The number of amides is 1. The van der Waals surface area contributed by atoms with Gasteiger partial charge in [0.25, 0.3) is 10.0 Å². The van der Waals surface area contributed by atoms with Gasteiger partial charge in [-0.25, -0.2) is 8.42 Å². The van der Waals surface area contributed by atoms with Crippen molar-refractivity contribution < 1.29 is 13.2 Å². The van der Waals surface area contributed by atoms with Gasteiger partial charge in [-0.1, -0.05) is 32.0 Å². The number of carbonyl (C=O) groups excluding carboxylic acids is 1. The molecular formula is C17H20N2O3S. The molecule has 2 aromatic carbocycles. The van der Waals surface area contributed by atoms with E-state index < -0.39 is 10.0 Å². The van der Waals surface area contributed by atoms with E-state index in [9.17, 15) is 13.2 Å². The average Bonchev–Trinajstić information content (AvgIpc) is 2.49. The van der Waals surface area contributed by atoms with E-state index in [-0.39, 0.29) is 16.7 Å². The fraction of sp³-hybridized carbons (Fsp3) is 0.235. The Kier molecular flexibility index (Phi) is 5.39. The molecule has 0 fully saturated rings. The fourth-order valence-electron chi connectivity index (χ4n) is 2.02. The molecule has 0 bridgehead atoms. The van der Waals surface area contributed by atoms with Gasteiger partial charge in [0.05, 0.1) is 4.90 Å². The molecule has 0 atom stereocenters. The molecular weight excluding hydrogens is 312 g/mol. The van der Waals surface area contributed by atoms with Gasteiger partial charge < -0.3 is 5.32 Å². The summed E-state index contributed by atoms with van der Waals surface area (Å²) >= 11 is 0. The van der Waals surface area contributed by atoms with Gasteiger partial charge in [-0.15, -0.1) is 0 Å². The lowest BCUT2D eigenvalue weighted by Crippen LogP contribution is -2.14. The van der Waals surface area contributed by atoms with E-state index in [1.165, 1.54) is 12.1 Å². The van der Waals surface area contributed by atoms with Crippen LogP contribution in [0.15, 0.2) is 59.5 Å². The molecule has 2 aromatic rings. The van der Waals surface area contributed by atoms with Crippen molar-refractivity contribution in [3.63, 3.8) is 0 Å². The highest BCUT2D eigenvalue weighted by molar-refractivity contribution is 7.92. The van der Waals surface area contributed by atoms with Gasteiger partial charge in [-0.2, -0.15) is 0 Å². The number of hydrogen-bond donors (Lipinski definition) is 2. The van der Waals surface area contributed by atoms with Crippen molar-refractivity contribution in [1.29, 1.82) is 0 Å². The minimum Gasteiger partial charge on any atom is -0.326 e. The van der Waals surface area contributed by atoms with Gasteiger partial charge in [0.15, 0.2) is 0 Å². The molecule has 23 heavy (non-hydrogen) atoms. The monoisotopic (exact) mass is 332 g/mol. The third-order valence-corrected chi connectivity index (χ3v) is 4.47. The van der Waals surface area contributed by atoms with Gasteiger partial charge in [0.2, 0.25) is 5.91 Å². The van der Waals surface area contributed by atoms with Crippen LogP contribution >= 0.6 is 0 Å². The third kappa shape index (κ3) is 5.10. The SMILES string of the molecule is CC(C)CC(=O)Nc1ccc(NS(=O)(=O)c2ccccc2)cc1. The molecule has 0 unspecified atom stereocenters. The summed E-state index contributed by atoms with van der Waals surface area (Å²) in [5.41, 5.74) is 1.08. The van der Waals surface area contributed by atoms with Crippen molar-refractivity contribution in [2.24, 2.45) is 5.92 Å². The summed E-state index contributed by atoms with van der Waals surface area (Å²) in [6.45, 7) is 3.95. The third-order valence-electron chi connectivity index (χ3n) is 3.07. The van der Waals surface area contributed by atoms with E-state index in [2.05, 4.69) is 10.0 Å². The second-order valence-electron chi connectivity index (χ2n) is 5.64. The highest BCUT2D eigenvalue weighted by atomic mass is 32.2. The molecule has 0 aliphatic carbocycles. The summed E-state index contributed by atoms with van der Waals surface area (Å²) in [5, 5.41) is 2.78. The summed E-state index contributed by atoms with van der Waals surface area (Å²) in [5.74, 6) is 0.226. The van der Waals surface area contributed by atoms with Crippen LogP contribution < -0.4 is 10.0 Å². The molecule has 0 aliphatic heterocycles. The van der Waals surface area contributed by atoms with Crippen LogP contribution in [0.2, 0.25) is 0 Å². The van der Waals surface area contributed by atoms with E-state index in [0.717, 1.165) is 0 Å². The van der Waals surface area contributed by atoms with Crippen LogP contribution in [0, 0.1) is 5.92 Å². The molecule has 0 heterocycles. The molecule has 5 nitrogen and oxygen atoms in total. The van der Waals surface area contributed by atoms with Crippen LogP contribution in [0.5, 0.6) is 0 Å². The number of nitrogens with one attached hydrogen (secondary N) is 2. The lowest BCUT2D eigenvalue weighted by atomic mass is 10.1. The van der Waals surface area contributed by atoms with Crippen LogP contribution in [0.1, 0.15) is 20.3 Å². The molecule has 2 rings (SSSR count). The van der Waals surface area contributed by atoms with Gasteiger partial charge in [0, 0.05) is 17.8 Å². The largest absolute Gasteiger partial charge is 0.326 e. The Balaban J connectivity index is 2.04. The molecule has 0 aromatic heterocycles. The number of benzene rings is 2. The zero-order valence-electron chi connectivity index (χ0n) is 13.1. The van der Waals surface area contributed by atoms with E-state index in [1.54, 1.807) is 42.5 Å². The van der Waals surface area contributed by atoms with Gasteiger partial charge in [-0.3, -0.25) is 9.52 Å². The van der Waals surface area contributed by atoms with Gasteiger partial charge in [-0.05, 0) is 42.3 Å². The summed E-state index contributed by atoms with van der Waals surface area (Å²) in [6, 6.07) is 14.7. The second-order valence-corrected chi connectivity index (χ2v) is 7.32. The van der Waals surface area contributed by atoms with Crippen LogP contribution in [0.4, 0.5) is 11.4 Å². The average molecular weight is 332 g/mol. The first kappa shape index (κ1) is 17.0. The topological polar surface area (TPSA) is 75.3 Å². The maximum atomic E-state index is 12.2. The molecule has 0 spiro atoms. The molecule has 0 radical (unpaired) electrons. The second kappa shape index (κ2) is 7.28. The zero-order valence-corrected chi connectivity index (χ0v) is 13.9. The Hall–Kier alpha value is -2.34. The first-order chi connectivity index (χ1) is 10.9. The van der Waals surface area contributed by atoms with Crippen LogP contribution in [-0.4, -0.2) is 14.3 Å². The van der Waals surface area contributed by atoms with Crippen molar-refractivity contribution >= 4 is 27.3 Å². The molecule has 1 amide bonds. The van der Waals surface area contributed by atoms with Crippen molar-refractivity contribution in [3.05, 3.63) is 54.6 Å². The predicted octanol–water partition coefficient (Wildman–Crippen LogP) is 3.47. The Morgan fingerprint density at radius 1 is 0.957 bits per heavy atom. The van der Waals surface area contributed by atoms with Crippen LogP contribution in [0.3, 0.4) is 0 Å². The Labute approximate surface area is 136 Å². The zero-order chi connectivity index (χ0) is 16.9. The van der Waals surface area contributed by atoms with Crippen molar-refractivity contribution in [2.75, 3.05) is 10.0 Å². The van der Waals surface area contributed by atoms with E-state index in [0.29, 0.717) is 17.8 Å². The van der Waals surface area contributed by atoms with Crippen LogP contribution in [0.25, 0.3) is 0 Å². The minimum atomic E-state index is -3.60. The summed E-state index contributed by atoms with van der Waals surface area (Å²) in [7, 11) is -3.60. The van der Waals surface area contributed by atoms with E-state index in [1.807, 2.05) is 13.8 Å². The first-order valence-electron chi connectivity index (χ1n) is 7.34. The highest BCUT2D eigenvalue weighted by Crippen LogP contribution is 2.18. The summed E-state index contributed by atoms with van der Waals surface area (Å²) < 4.78 is 26.9. The standard InChI is InChI=1S/C17H20N2O3S/c1-13(2)12-17(20)18-14-8-10-15(11-9-14)19-23(21,22)16-6-4-3-5-7-16/h3-11,13,19H,12H2,1-2H3,(H,18,20). The number of anilines is 2. The maximum absolute atomic E-state index is 12.2. The highest BCUT2D eigenvalue weighted by Gasteiger charge is 2.13. The predicted molar refractivity (Wildman–Crippen MR) is 91.8 cm³/mol. The maximum Gasteiger partial charge on any atom is 0.261 e. The summed E-state index contributed by atoms with van der Waals surface area (Å²) in [6.07, 6.45) is 0.447. The van der Waals surface area contributed by atoms with Gasteiger partial charge >= 0.3 is 0 Å². The van der Waals surface area contributed by atoms with Crippen molar-refractivity contribution in [3.8, 4) is 0 Å². The number of hydrogen-bond acceptors (Lipinski definition) is 3. The Bertz CT molecular complexity index is 754. The quantitative estimate of drug-likeness (QED) is 0.850. The minimum absolute atomic E-state index is 0.0578. The lowest BCUT2D eigenvalue weighted by molar-refractivity contribution is -0.116. The normalized spacial score (nSPS) is 11.3. The molecule has 0 saturated carbocycles. The van der Waals surface area contributed by atoms with E-state index in [4.69, 9.17) is 0 Å². The smallest absolute Gasteiger partial charge is 0.261 e. The van der Waals surface area contributed by atoms with Crippen molar-refractivity contribution in [2.45, 2.75) is 25.2 Å². The lowest BCUT2D eigenvalue weighted by Gasteiger charge is -2.10. The molecule has 122 valence electrons. The number of carbonyl (C=O) groups is 1. The van der Waals surface area contributed by atoms with E-state index >= 15 is 0 Å². The van der Waals surface area contributed by atoms with Crippen LogP contribution in [-0.2, 0) is 14.8 Å². The molecule has 6 heteroatoms. The summed E-state index contributed by atoms with van der Waals surface area (Å²) in [4.78, 5) is 11.9. The first-order valence-corrected chi connectivity index (χ1v) is 8.83. The number of sulfonamides is 1. The Morgan fingerprint density at radius 2 is 1.52 bits per heavy atom. The van der Waals surface area contributed by atoms with Gasteiger partial charge in [0.1, 0.15) is 0 Å². The fourth-order valence-corrected chi connectivity index (χ4v) is 3.10. The number of rotatable bonds is 6. The Morgan fingerprint density at radius 3 is 2.09 bits per heavy atom.